The van der Waals surface area contributed by atoms with Crippen molar-refractivity contribution in [3.8, 4) is 0 Å². The van der Waals surface area contributed by atoms with E-state index in [1.54, 1.807) is 0 Å². The number of halogens is 1. The summed E-state index contributed by atoms with van der Waals surface area (Å²) in [5.41, 5.74) is 0. The number of esters is 1. The van der Waals surface area contributed by atoms with Crippen LogP contribution in [0.5, 0.6) is 0 Å². The Morgan fingerprint density at radius 3 is 1.76 bits per heavy atom. The van der Waals surface area contributed by atoms with Crippen LogP contribution in [-0.4, -0.2) is 17.9 Å². The third-order valence-corrected chi connectivity index (χ3v) is 5.48. The normalized spacial score (nSPS) is 12.3. The van der Waals surface area contributed by atoms with E-state index >= 15 is 0 Å². The average Bonchev–Trinajstić information content (AvgIpc) is 2.62. The zero-order valence-electron chi connectivity index (χ0n) is 17.0. The van der Waals surface area contributed by atoms with Gasteiger partial charge in [0.15, 0.2) is 0 Å². The van der Waals surface area contributed by atoms with Gasteiger partial charge in [-0.3, -0.25) is 4.79 Å². The predicted octanol–water partition coefficient (Wildman–Crippen LogP) is 7.82. The number of alkyl halides is 1. The lowest BCUT2D eigenvalue weighted by Gasteiger charge is -2.16. The summed E-state index contributed by atoms with van der Waals surface area (Å²) < 4.78 is 5.59. The number of hydrogen-bond acceptors (Lipinski definition) is 2. The van der Waals surface area contributed by atoms with Crippen LogP contribution in [0.4, 0.5) is 0 Å². The van der Waals surface area contributed by atoms with E-state index in [1.807, 2.05) is 0 Å². The summed E-state index contributed by atoms with van der Waals surface area (Å²) in [5.74, 6) is 0.193. The van der Waals surface area contributed by atoms with Crippen LogP contribution in [0.1, 0.15) is 117 Å². The Morgan fingerprint density at radius 2 is 1.20 bits per heavy atom. The summed E-state index contributed by atoms with van der Waals surface area (Å²) in [6.07, 6.45) is 19.5. The van der Waals surface area contributed by atoms with E-state index in [0.29, 0.717) is 6.61 Å². The molecule has 0 aliphatic rings. The first-order chi connectivity index (χ1) is 12.3. The Balaban J connectivity index is 3.79. The van der Waals surface area contributed by atoms with Crippen molar-refractivity contribution in [1.29, 1.82) is 0 Å². The first kappa shape index (κ1) is 24.9. The molecule has 0 N–H and O–H groups in total. The first-order valence-electron chi connectivity index (χ1n) is 11.0. The molecule has 3 heteroatoms. The van der Waals surface area contributed by atoms with Crippen molar-refractivity contribution in [3.05, 3.63) is 0 Å². The van der Waals surface area contributed by atoms with E-state index in [0.717, 1.165) is 37.4 Å². The van der Waals surface area contributed by atoms with Crippen molar-refractivity contribution in [2.75, 3.05) is 11.9 Å². The van der Waals surface area contributed by atoms with Crippen molar-refractivity contribution in [1.82, 2.24) is 0 Å². The molecule has 0 radical (unpaired) electrons. The fraction of sp³-hybridized carbons (Fsp3) is 0.955. The summed E-state index contributed by atoms with van der Waals surface area (Å²) in [4.78, 5) is 12.4. The van der Waals surface area contributed by atoms with E-state index in [2.05, 4.69) is 29.8 Å². The zero-order valence-corrected chi connectivity index (χ0v) is 18.6. The topological polar surface area (TPSA) is 26.3 Å². The van der Waals surface area contributed by atoms with Crippen LogP contribution >= 0.6 is 15.9 Å². The Labute approximate surface area is 166 Å². The number of unbranched alkanes of at least 4 members (excludes halogenated alkanes) is 11. The molecule has 0 aliphatic carbocycles. The quantitative estimate of drug-likeness (QED) is 0.121. The summed E-state index contributed by atoms with van der Waals surface area (Å²) in [6.45, 7) is 5.11. The maximum absolute atomic E-state index is 12.4. The van der Waals surface area contributed by atoms with E-state index < -0.39 is 0 Å². The molecule has 0 aromatic carbocycles. The van der Waals surface area contributed by atoms with Crippen molar-refractivity contribution in [2.45, 2.75) is 117 Å². The van der Waals surface area contributed by atoms with Crippen molar-refractivity contribution in [2.24, 2.45) is 5.92 Å². The summed E-state index contributed by atoms with van der Waals surface area (Å²) in [5, 5.41) is 1.03. The smallest absolute Gasteiger partial charge is 0.308 e. The van der Waals surface area contributed by atoms with Crippen LogP contribution in [0.2, 0.25) is 0 Å². The molecule has 0 aliphatic heterocycles. The Bertz CT molecular complexity index is 281. The monoisotopic (exact) mass is 418 g/mol. The van der Waals surface area contributed by atoms with E-state index in [4.69, 9.17) is 4.74 Å². The molecule has 1 atom stereocenters. The second-order valence-electron chi connectivity index (χ2n) is 7.37. The summed E-state index contributed by atoms with van der Waals surface area (Å²) in [7, 11) is 0. The van der Waals surface area contributed by atoms with E-state index in [9.17, 15) is 4.79 Å². The molecule has 0 aromatic rings. The molecule has 0 amide bonds. The lowest BCUT2D eigenvalue weighted by Crippen LogP contribution is -2.18. The van der Waals surface area contributed by atoms with Gasteiger partial charge in [-0.05, 0) is 25.7 Å². The molecular formula is C22H43BrO2. The molecule has 0 spiro atoms. The van der Waals surface area contributed by atoms with Gasteiger partial charge in [0.05, 0.1) is 12.5 Å². The van der Waals surface area contributed by atoms with Crippen LogP contribution in [-0.2, 0) is 9.53 Å². The van der Waals surface area contributed by atoms with Gasteiger partial charge < -0.3 is 4.74 Å². The minimum absolute atomic E-state index is 0.0639. The van der Waals surface area contributed by atoms with Crippen molar-refractivity contribution < 1.29 is 9.53 Å². The van der Waals surface area contributed by atoms with Crippen LogP contribution < -0.4 is 0 Å². The summed E-state index contributed by atoms with van der Waals surface area (Å²) >= 11 is 3.48. The molecule has 0 saturated heterocycles. The fourth-order valence-electron chi connectivity index (χ4n) is 3.21. The molecule has 2 nitrogen and oxygen atoms in total. The predicted molar refractivity (Wildman–Crippen MR) is 113 cm³/mol. The molecule has 0 rings (SSSR count). The zero-order chi connectivity index (χ0) is 18.6. The highest BCUT2D eigenvalue weighted by atomic mass is 79.9. The van der Waals surface area contributed by atoms with Gasteiger partial charge in [-0.1, -0.05) is 107 Å². The molecule has 0 aromatic heterocycles. The number of hydrogen-bond donors (Lipinski definition) is 0. The maximum Gasteiger partial charge on any atom is 0.308 e. The molecule has 0 fully saturated rings. The van der Waals surface area contributed by atoms with Crippen LogP contribution in [0.3, 0.4) is 0 Å². The number of rotatable bonds is 19. The van der Waals surface area contributed by atoms with Crippen LogP contribution in [0.25, 0.3) is 0 Å². The highest BCUT2D eigenvalue weighted by Crippen LogP contribution is 2.20. The van der Waals surface area contributed by atoms with Gasteiger partial charge >= 0.3 is 5.97 Å². The lowest BCUT2D eigenvalue weighted by molar-refractivity contribution is -0.149. The lowest BCUT2D eigenvalue weighted by atomic mass is 9.95. The van der Waals surface area contributed by atoms with Crippen molar-refractivity contribution >= 4 is 21.9 Å². The van der Waals surface area contributed by atoms with Gasteiger partial charge in [-0.25, -0.2) is 0 Å². The minimum atomic E-state index is 0.0639. The second-order valence-corrected chi connectivity index (χ2v) is 8.17. The Kier molecular flexibility index (Phi) is 20.2. The van der Waals surface area contributed by atoms with E-state index in [1.165, 1.54) is 70.6 Å². The largest absolute Gasteiger partial charge is 0.465 e. The van der Waals surface area contributed by atoms with Crippen molar-refractivity contribution in [3.63, 3.8) is 0 Å². The fourth-order valence-corrected chi connectivity index (χ4v) is 3.61. The average molecular weight is 419 g/mol. The standard InChI is InChI=1S/C22H43BrO2/c1-3-5-7-9-10-11-12-16-20-25-22(24)21(18-14-15-19-23)17-13-8-6-4-2/h21H,3-20H2,1-2H3. The van der Waals surface area contributed by atoms with Crippen LogP contribution in [0, 0.1) is 5.92 Å². The Hall–Kier alpha value is -0.0500. The molecule has 0 saturated carbocycles. The third-order valence-electron chi connectivity index (χ3n) is 4.92. The molecule has 0 bridgehead atoms. The van der Waals surface area contributed by atoms with Gasteiger partial charge in [0.2, 0.25) is 0 Å². The highest BCUT2D eigenvalue weighted by molar-refractivity contribution is 9.09. The van der Waals surface area contributed by atoms with Crippen LogP contribution in [0.15, 0.2) is 0 Å². The van der Waals surface area contributed by atoms with Gasteiger partial charge in [0, 0.05) is 5.33 Å². The SMILES string of the molecule is CCCCCCCCCCOC(=O)C(CCCCBr)CCCCCC. The molecule has 150 valence electrons. The second kappa shape index (κ2) is 20.3. The van der Waals surface area contributed by atoms with Gasteiger partial charge in [-0.15, -0.1) is 0 Å². The van der Waals surface area contributed by atoms with E-state index in [-0.39, 0.29) is 11.9 Å². The number of ether oxygens (including phenoxy) is 1. The van der Waals surface area contributed by atoms with Gasteiger partial charge in [0.1, 0.15) is 0 Å². The van der Waals surface area contributed by atoms with Gasteiger partial charge in [0.25, 0.3) is 0 Å². The molecular weight excluding hydrogens is 376 g/mol. The first-order valence-corrected chi connectivity index (χ1v) is 12.1. The van der Waals surface area contributed by atoms with Gasteiger partial charge in [-0.2, -0.15) is 0 Å². The highest BCUT2D eigenvalue weighted by Gasteiger charge is 2.19. The Morgan fingerprint density at radius 1 is 0.720 bits per heavy atom. The summed E-state index contributed by atoms with van der Waals surface area (Å²) in [6, 6.07) is 0. The molecule has 1 unspecified atom stereocenters. The minimum Gasteiger partial charge on any atom is -0.465 e. The molecule has 25 heavy (non-hydrogen) atoms. The third kappa shape index (κ3) is 17.1. The maximum atomic E-state index is 12.4. The molecule has 0 heterocycles. The number of carbonyl (C=O) groups is 1. The number of carbonyl (C=O) groups excluding carboxylic acids is 1.